The second kappa shape index (κ2) is 10.6. The molecule has 0 bridgehead atoms. The molecule has 0 radical (unpaired) electrons. The van der Waals surface area contributed by atoms with Crippen molar-refractivity contribution in [3.8, 4) is 5.69 Å². The third kappa shape index (κ3) is 4.85. The van der Waals surface area contributed by atoms with Gasteiger partial charge in [0.05, 0.1) is 31.0 Å². The van der Waals surface area contributed by atoms with Crippen LogP contribution in [0.1, 0.15) is 34.7 Å². The van der Waals surface area contributed by atoms with E-state index in [4.69, 9.17) is 21.9 Å². The average Bonchev–Trinajstić information content (AvgIpc) is 3.38. The van der Waals surface area contributed by atoms with Gasteiger partial charge >= 0.3 is 0 Å². The Balaban J connectivity index is 1.50. The first-order chi connectivity index (χ1) is 17.4. The lowest BCUT2D eigenvalue weighted by molar-refractivity contribution is 0.122. The predicted octanol–water partition coefficient (Wildman–Crippen LogP) is 3.86. The number of nitrogens with one attached hydrogen (secondary N) is 1. The highest BCUT2D eigenvalue weighted by molar-refractivity contribution is 7.80. The summed E-state index contributed by atoms with van der Waals surface area (Å²) in [5.74, 6) is 0. The van der Waals surface area contributed by atoms with Crippen LogP contribution in [0.15, 0.2) is 54.7 Å². The standard InChI is InChI=1S/C28H36N6OS/c1-20-19-24(21(2)34(20)23-10-8-22(9-11-23)32-15-17-35-18-16-32)27-26(25-7-5-6-12-29-25)30-28(36)33(27)14-13-31(3)4/h5-12,19,26-27H,13-18H2,1-4H3,(H,30,36). The summed E-state index contributed by atoms with van der Waals surface area (Å²) in [7, 11) is 4.20. The van der Waals surface area contributed by atoms with Crippen LogP contribution in [0.25, 0.3) is 5.69 Å². The molecular weight excluding hydrogens is 468 g/mol. The van der Waals surface area contributed by atoms with E-state index in [-0.39, 0.29) is 12.1 Å². The van der Waals surface area contributed by atoms with Crippen LogP contribution in [0.3, 0.4) is 0 Å². The number of benzene rings is 1. The third-order valence-corrected chi connectivity index (χ3v) is 7.61. The maximum Gasteiger partial charge on any atom is 0.170 e. The number of anilines is 1. The largest absolute Gasteiger partial charge is 0.378 e. The number of ether oxygens (including phenoxy) is 1. The summed E-state index contributed by atoms with van der Waals surface area (Å²) in [6.07, 6.45) is 1.86. The highest BCUT2D eigenvalue weighted by Crippen LogP contribution is 2.41. The summed E-state index contributed by atoms with van der Waals surface area (Å²) in [5, 5.41) is 4.37. The summed E-state index contributed by atoms with van der Waals surface area (Å²) in [4.78, 5) is 11.6. The summed E-state index contributed by atoms with van der Waals surface area (Å²) >= 11 is 5.85. The van der Waals surface area contributed by atoms with Crippen molar-refractivity contribution >= 4 is 23.0 Å². The Morgan fingerprint density at radius 1 is 1.06 bits per heavy atom. The van der Waals surface area contributed by atoms with Crippen LogP contribution < -0.4 is 10.2 Å². The second-order valence-electron chi connectivity index (χ2n) is 9.90. The van der Waals surface area contributed by atoms with Crippen LogP contribution in [0.4, 0.5) is 5.69 Å². The van der Waals surface area contributed by atoms with Crippen molar-refractivity contribution in [1.82, 2.24) is 24.7 Å². The Morgan fingerprint density at radius 3 is 2.44 bits per heavy atom. The van der Waals surface area contributed by atoms with E-state index in [1.165, 1.54) is 28.3 Å². The molecule has 0 amide bonds. The van der Waals surface area contributed by atoms with Crippen molar-refractivity contribution in [2.24, 2.45) is 0 Å². The zero-order chi connectivity index (χ0) is 25.2. The van der Waals surface area contributed by atoms with E-state index in [2.05, 4.69) is 88.9 Å². The lowest BCUT2D eigenvalue weighted by Gasteiger charge is -2.29. The highest BCUT2D eigenvalue weighted by atomic mass is 32.1. The molecule has 190 valence electrons. The molecule has 36 heavy (non-hydrogen) atoms. The third-order valence-electron chi connectivity index (χ3n) is 7.26. The fourth-order valence-corrected chi connectivity index (χ4v) is 5.74. The summed E-state index contributed by atoms with van der Waals surface area (Å²) < 4.78 is 7.87. The topological polar surface area (TPSA) is 48.8 Å². The minimum atomic E-state index is -0.00138. The second-order valence-corrected chi connectivity index (χ2v) is 10.3. The molecule has 2 aliphatic rings. The molecule has 0 aliphatic carbocycles. The summed E-state index contributed by atoms with van der Waals surface area (Å²) in [6.45, 7) is 9.65. The van der Waals surface area contributed by atoms with Gasteiger partial charge in [-0.15, -0.1) is 0 Å². The maximum atomic E-state index is 5.85. The number of hydrogen-bond acceptors (Lipinski definition) is 5. The van der Waals surface area contributed by atoms with Crippen molar-refractivity contribution in [3.63, 3.8) is 0 Å². The van der Waals surface area contributed by atoms with E-state index in [0.29, 0.717) is 0 Å². The van der Waals surface area contributed by atoms with Gasteiger partial charge in [-0.2, -0.15) is 0 Å². The SMILES string of the molecule is Cc1cc(C2C(c3ccccn3)NC(=S)N2CCN(C)C)c(C)n1-c1ccc(N2CCOCC2)cc1. The number of aromatic nitrogens is 2. The lowest BCUT2D eigenvalue weighted by atomic mass is 9.96. The molecule has 1 aromatic carbocycles. The van der Waals surface area contributed by atoms with Gasteiger partial charge in [0.25, 0.3) is 0 Å². The number of likely N-dealkylation sites (N-methyl/N-ethyl adjacent to an activating group) is 1. The first-order valence-corrected chi connectivity index (χ1v) is 13.1. The molecule has 7 nitrogen and oxygen atoms in total. The van der Waals surface area contributed by atoms with Gasteiger partial charge in [0.15, 0.2) is 5.11 Å². The molecule has 5 rings (SSSR count). The molecular formula is C28H36N6OS. The Kier molecular flexibility index (Phi) is 7.27. The van der Waals surface area contributed by atoms with Crippen molar-refractivity contribution in [2.45, 2.75) is 25.9 Å². The Morgan fingerprint density at radius 2 is 1.78 bits per heavy atom. The first-order valence-electron chi connectivity index (χ1n) is 12.7. The zero-order valence-corrected chi connectivity index (χ0v) is 22.5. The van der Waals surface area contributed by atoms with E-state index in [0.717, 1.165) is 50.2 Å². The van der Waals surface area contributed by atoms with E-state index in [1.54, 1.807) is 0 Å². The number of nitrogens with zero attached hydrogens (tertiary/aromatic N) is 5. The van der Waals surface area contributed by atoms with E-state index in [1.807, 2.05) is 18.3 Å². The Labute approximate surface area is 219 Å². The minimum Gasteiger partial charge on any atom is -0.378 e. The monoisotopic (exact) mass is 504 g/mol. The van der Waals surface area contributed by atoms with Crippen LogP contribution >= 0.6 is 12.2 Å². The number of hydrogen-bond donors (Lipinski definition) is 1. The van der Waals surface area contributed by atoms with Gasteiger partial charge in [0.2, 0.25) is 0 Å². The van der Waals surface area contributed by atoms with Gasteiger partial charge in [-0.25, -0.2) is 0 Å². The van der Waals surface area contributed by atoms with E-state index >= 15 is 0 Å². The van der Waals surface area contributed by atoms with Crippen LogP contribution in [-0.2, 0) is 4.74 Å². The molecule has 4 heterocycles. The van der Waals surface area contributed by atoms with Gasteiger partial charge in [-0.1, -0.05) is 6.07 Å². The van der Waals surface area contributed by atoms with Gasteiger partial charge in [-0.3, -0.25) is 4.98 Å². The smallest absolute Gasteiger partial charge is 0.170 e. The molecule has 2 aromatic heterocycles. The van der Waals surface area contributed by atoms with Crippen LogP contribution in [0.2, 0.25) is 0 Å². The van der Waals surface area contributed by atoms with Gasteiger partial charge < -0.3 is 29.3 Å². The van der Waals surface area contributed by atoms with Crippen LogP contribution in [0.5, 0.6) is 0 Å². The number of aryl methyl sites for hydroxylation is 1. The van der Waals surface area contributed by atoms with Crippen LogP contribution in [-0.4, -0.2) is 78.0 Å². The number of thiocarbonyl (C=S) groups is 1. The number of pyridine rings is 1. The predicted molar refractivity (Wildman–Crippen MR) is 149 cm³/mol. The summed E-state index contributed by atoms with van der Waals surface area (Å²) in [5.41, 5.74) is 7.17. The molecule has 2 saturated heterocycles. The molecule has 1 N–H and O–H groups in total. The number of rotatable bonds is 7. The van der Waals surface area contributed by atoms with Gasteiger partial charge in [-0.05, 0) is 88.2 Å². The highest BCUT2D eigenvalue weighted by Gasteiger charge is 2.41. The first kappa shape index (κ1) is 24.7. The quantitative estimate of drug-likeness (QED) is 0.491. The van der Waals surface area contributed by atoms with Crippen molar-refractivity contribution in [2.75, 3.05) is 58.4 Å². The molecule has 8 heteroatoms. The number of morpholine rings is 1. The van der Waals surface area contributed by atoms with E-state index in [9.17, 15) is 0 Å². The van der Waals surface area contributed by atoms with Gasteiger partial charge in [0, 0.05) is 55.1 Å². The molecule has 3 aromatic rings. The van der Waals surface area contributed by atoms with E-state index < -0.39 is 0 Å². The van der Waals surface area contributed by atoms with Crippen molar-refractivity contribution < 1.29 is 4.74 Å². The Hall–Kier alpha value is -2.94. The molecule has 2 fully saturated rings. The molecule has 0 spiro atoms. The van der Waals surface area contributed by atoms with Crippen molar-refractivity contribution in [3.05, 3.63) is 77.4 Å². The fourth-order valence-electron chi connectivity index (χ4n) is 5.41. The van der Waals surface area contributed by atoms with Crippen LogP contribution in [0, 0.1) is 13.8 Å². The molecule has 2 aliphatic heterocycles. The lowest BCUT2D eigenvalue weighted by Crippen LogP contribution is -2.36. The maximum absolute atomic E-state index is 5.85. The molecule has 0 saturated carbocycles. The Bertz CT molecular complexity index is 1190. The van der Waals surface area contributed by atoms with Gasteiger partial charge in [0.1, 0.15) is 0 Å². The average molecular weight is 505 g/mol. The van der Waals surface area contributed by atoms with Crippen molar-refractivity contribution in [1.29, 1.82) is 0 Å². The summed E-state index contributed by atoms with van der Waals surface area (Å²) in [6, 6.07) is 17.4. The normalized spacial score (nSPS) is 20.3. The molecule has 2 unspecified atom stereocenters. The molecule has 2 atom stereocenters. The fraction of sp³-hybridized carbons (Fsp3) is 0.429. The zero-order valence-electron chi connectivity index (χ0n) is 21.6. The minimum absolute atomic E-state index is 0.00138.